The van der Waals surface area contributed by atoms with Crippen LogP contribution in [0.5, 0.6) is 0 Å². The molecule has 0 saturated heterocycles. The summed E-state index contributed by atoms with van der Waals surface area (Å²) in [5.41, 5.74) is 0.721. The highest BCUT2D eigenvalue weighted by Crippen LogP contribution is 2.26. The van der Waals surface area contributed by atoms with Crippen molar-refractivity contribution in [3.63, 3.8) is 0 Å². The summed E-state index contributed by atoms with van der Waals surface area (Å²) >= 11 is 0. The highest BCUT2D eigenvalue weighted by atomic mass is 16.3. The van der Waals surface area contributed by atoms with Gasteiger partial charge < -0.3 is 5.11 Å². The molecule has 0 spiro atoms. The molecular formula is C10H16O. The summed E-state index contributed by atoms with van der Waals surface area (Å²) in [4.78, 5) is 0. The lowest BCUT2D eigenvalue weighted by Crippen LogP contribution is -2.29. The smallest absolute Gasteiger partial charge is 0.0657 e. The summed E-state index contributed by atoms with van der Waals surface area (Å²) in [6, 6.07) is 0. The first-order valence-corrected chi connectivity index (χ1v) is 4.07. The molecule has 0 aromatic carbocycles. The average molecular weight is 152 g/mol. The first-order chi connectivity index (χ1) is 5.00. The van der Waals surface area contributed by atoms with Crippen LogP contribution in [-0.2, 0) is 0 Å². The maximum absolute atomic E-state index is 9.65. The van der Waals surface area contributed by atoms with E-state index in [1.165, 1.54) is 5.57 Å². The molecule has 0 fully saturated rings. The van der Waals surface area contributed by atoms with Crippen LogP contribution >= 0.6 is 0 Å². The fourth-order valence-corrected chi connectivity index (χ4v) is 1.25. The van der Waals surface area contributed by atoms with Crippen molar-refractivity contribution in [2.45, 2.75) is 32.8 Å². The summed E-state index contributed by atoms with van der Waals surface area (Å²) in [5, 5.41) is 9.65. The molecule has 1 N–H and O–H groups in total. The topological polar surface area (TPSA) is 20.2 Å². The van der Waals surface area contributed by atoms with E-state index in [0.717, 1.165) is 6.42 Å². The monoisotopic (exact) mass is 152 g/mol. The molecule has 11 heavy (non-hydrogen) atoms. The second kappa shape index (κ2) is 2.82. The van der Waals surface area contributed by atoms with Gasteiger partial charge in [-0.05, 0) is 27.2 Å². The van der Waals surface area contributed by atoms with Gasteiger partial charge in [-0.3, -0.25) is 0 Å². The molecule has 0 saturated carbocycles. The first-order valence-electron chi connectivity index (χ1n) is 4.07. The molecule has 0 aromatic rings. The minimum Gasteiger partial charge on any atom is -0.390 e. The maximum atomic E-state index is 9.65. The summed E-state index contributed by atoms with van der Waals surface area (Å²) in [7, 11) is 0. The highest BCUT2D eigenvalue weighted by molar-refractivity contribution is 5.22. The van der Waals surface area contributed by atoms with Gasteiger partial charge in [0.15, 0.2) is 0 Å². The van der Waals surface area contributed by atoms with Crippen LogP contribution in [0.4, 0.5) is 0 Å². The maximum Gasteiger partial charge on any atom is 0.0657 e. The van der Waals surface area contributed by atoms with E-state index in [4.69, 9.17) is 0 Å². The van der Waals surface area contributed by atoms with Crippen LogP contribution in [0.1, 0.15) is 27.2 Å². The average Bonchev–Trinajstić information content (AvgIpc) is 1.86. The lowest BCUT2D eigenvalue weighted by atomic mass is 9.84. The standard InChI is InChI=1S/C10H16O/c1-8-4-6-9(7-5-8)10(2,3)11/h4-6,9,11H,7H2,1-3H3/t9-/m1/s1. The predicted molar refractivity (Wildman–Crippen MR) is 47.3 cm³/mol. The van der Waals surface area contributed by atoms with E-state index in [2.05, 4.69) is 25.2 Å². The Morgan fingerprint density at radius 3 is 2.55 bits per heavy atom. The lowest BCUT2D eigenvalue weighted by Gasteiger charge is -2.27. The third-order valence-corrected chi connectivity index (χ3v) is 2.19. The molecule has 1 rings (SSSR count). The van der Waals surface area contributed by atoms with Gasteiger partial charge in [-0.15, -0.1) is 0 Å². The second-order valence-electron chi connectivity index (χ2n) is 3.80. The van der Waals surface area contributed by atoms with E-state index in [1.807, 2.05) is 13.8 Å². The van der Waals surface area contributed by atoms with Gasteiger partial charge in [-0.1, -0.05) is 23.8 Å². The Morgan fingerprint density at radius 2 is 2.18 bits per heavy atom. The van der Waals surface area contributed by atoms with Gasteiger partial charge in [0.05, 0.1) is 5.60 Å². The van der Waals surface area contributed by atoms with E-state index in [-0.39, 0.29) is 5.92 Å². The fourth-order valence-electron chi connectivity index (χ4n) is 1.25. The van der Waals surface area contributed by atoms with Crippen molar-refractivity contribution in [1.82, 2.24) is 0 Å². The van der Waals surface area contributed by atoms with E-state index in [1.54, 1.807) is 0 Å². The number of aliphatic hydroxyl groups is 1. The van der Waals surface area contributed by atoms with Gasteiger partial charge in [-0.25, -0.2) is 0 Å². The molecule has 1 heteroatoms. The molecule has 1 aliphatic rings. The summed E-state index contributed by atoms with van der Waals surface area (Å²) in [6.45, 7) is 5.80. The molecule has 1 nitrogen and oxygen atoms in total. The van der Waals surface area contributed by atoms with Crippen molar-refractivity contribution in [2.75, 3.05) is 0 Å². The molecule has 0 radical (unpaired) electrons. The van der Waals surface area contributed by atoms with Crippen molar-refractivity contribution in [3.8, 4) is 0 Å². The number of rotatable bonds is 1. The molecule has 0 aliphatic heterocycles. The Labute approximate surface area is 68.4 Å². The van der Waals surface area contributed by atoms with Crippen LogP contribution in [0, 0.1) is 5.92 Å². The van der Waals surface area contributed by atoms with Crippen LogP contribution in [-0.4, -0.2) is 10.7 Å². The molecule has 0 aromatic heterocycles. The molecular weight excluding hydrogens is 136 g/mol. The number of hydrogen-bond donors (Lipinski definition) is 1. The minimum atomic E-state index is -0.576. The zero-order chi connectivity index (χ0) is 8.48. The molecule has 0 bridgehead atoms. The fraction of sp³-hybridized carbons (Fsp3) is 0.600. The van der Waals surface area contributed by atoms with E-state index >= 15 is 0 Å². The Balaban J connectivity index is 2.63. The van der Waals surface area contributed by atoms with Crippen LogP contribution in [0.2, 0.25) is 0 Å². The summed E-state index contributed by atoms with van der Waals surface area (Å²) in [6.07, 6.45) is 7.30. The molecule has 62 valence electrons. The van der Waals surface area contributed by atoms with Crippen LogP contribution < -0.4 is 0 Å². The second-order valence-corrected chi connectivity index (χ2v) is 3.80. The SMILES string of the molecule is CC1=CC[C@H](C(C)(C)O)C=C1. The molecule has 0 amide bonds. The van der Waals surface area contributed by atoms with Gasteiger partial charge in [0.2, 0.25) is 0 Å². The largest absolute Gasteiger partial charge is 0.390 e. The summed E-state index contributed by atoms with van der Waals surface area (Å²) < 4.78 is 0. The third kappa shape index (κ3) is 2.19. The normalized spacial score (nSPS) is 25.1. The van der Waals surface area contributed by atoms with Crippen LogP contribution in [0.15, 0.2) is 23.8 Å². The van der Waals surface area contributed by atoms with Gasteiger partial charge in [0, 0.05) is 5.92 Å². The van der Waals surface area contributed by atoms with Crippen molar-refractivity contribution >= 4 is 0 Å². The van der Waals surface area contributed by atoms with E-state index < -0.39 is 5.60 Å². The predicted octanol–water partition coefficient (Wildman–Crippen LogP) is 2.28. The van der Waals surface area contributed by atoms with E-state index in [9.17, 15) is 5.11 Å². The minimum absolute atomic E-state index is 0.284. The van der Waals surface area contributed by atoms with Crippen molar-refractivity contribution in [3.05, 3.63) is 23.8 Å². The van der Waals surface area contributed by atoms with Gasteiger partial charge in [0.25, 0.3) is 0 Å². The molecule has 0 unspecified atom stereocenters. The van der Waals surface area contributed by atoms with Crippen molar-refractivity contribution in [2.24, 2.45) is 5.92 Å². The number of allylic oxidation sites excluding steroid dienone is 3. The van der Waals surface area contributed by atoms with Gasteiger partial charge in [-0.2, -0.15) is 0 Å². The zero-order valence-corrected chi connectivity index (χ0v) is 7.46. The van der Waals surface area contributed by atoms with Crippen molar-refractivity contribution in [1.29, 1.82) is 0 Å². The van der Waals surface area contributed by atoms with E-state index in [0.29, 0.717) is 0 Å². The van der Waals surface area contributed by atoms with Gasteiger partial charge in [0.1, 0.15) is 0 Å². The van der Waals surface area contributed by atoms with Crippen LogP contribution in [0.25, 0.3) is 0 Å². The first kappa shape index (κ1) is 8.54. The van der Waals surface area contributed by atoms with Gasteiger partial charge >= 0.3 is 0 Å². The highest BCUT2D eigenvalue weighted by Gasteiger charge is 2.24. The molecule has 1 aliphatic carbocycles. The summed E-state index contributed by atoms with van der Waals surface area (Å²) in [5.74, 6) is 0.284. The molecule has 0 heterocycles. The number of hydrogen-bond acceptors (Lipinski definition) is 1. The van der Waals surface area contributed by atoms with Crippen molar-refractivity contribution < 1.29 is 5.11 Å². The third-order valence-electron chi connectivity index (χ3n) is 2.19. The Morgan fingerprint density at radius 1 is 1.55 bits per heavy atom. The molecule has 1 atom stereocenters. The zero-order valence-electron chi connectivity index (χ0n) is 7.46. The van der Waals surface area contributed by atoms with Crippen LogP contribution in [0.3, 0.4) is 0 Å². The Hall–Kier alpha value is -0.560. The lowest BCUT2D eigenvalue weighted by molar-refractivity contribution is 0.0376. The Kier molecular flexibility index (Phi) is 2.19. The Bertz CT molecular complexity index is 193. The quantitative estimate of drug-likeness (QED) is 0.611.